The molecule has 1 rings (SSSR count). The first-order chi connectivity index (χ1) is 4.61. The summed E-state index contributed by atoms with van der Waals surface area (Å²) in [6, 6.07) is 1.46. The number of aryl methyl sites for hydroxylation is 1. The summed E-state index contributed by atoms with van der Waals surface area (Å²) in [4.78, 5) is 9.71. The highest BCUT2D eigenvalue weighted by atomic mass is 79.9. The standard InChI is InChI=1S/C5H5BrN2O2/c1-7-3-4(8(9)10)2-5(7)6/h2-3H,1H3. The molecule has 0 fully saturated rings. The first kappa shape index (κ1) is 7.27. The van der Waals surface area contributed by atoms with Crippen molar-refractivity contribution in [3.8, 4) is 0 Å². The molecule has 1 heterocycles. The van der Waals surface area contributed by atoms with Crippen LogP contribution in [0.1, 0.15) is 0 Å². The average molecular weight is 205 g/mol. The van der Waals surface area contributed by atoms with Gasteiger partial charge in [-0.2, -0.15) is 0 Å². The van der Waals surface area contributed by atoms with Crippen LogP contribution < -0.4 is 0 Å². The molecule has 54 valence electrons. The van der Waals surface area contributed by atoms with E-state index in [2.05, 4.69) is 15.9 Å². The molecule has 0 aliphatic heterocycles. The number of nitro groups is 1. The minimum atomic E-state index is -0.426. The van der Waals surface area contributed by atoms with Gasteiger partial charge < -0.3 is 4.57 Å². The lowest BCUT2D eigenvalue weighted by Crippen LogP contribution is -1.85. The lowest BCUT2D eigenvalue weighted by atomic mass is 10.6. The van der Waals surface area contributed by atoms with E-state index in [4.69, 9.17) is 0 Å². The zero-order chi connectivity index (χ0) is 7.72. The molecule has 0 amide bonds. The van der Waals surface area contributed by atoms with E-state index >= 15 is 0 Å². The highest BCUT2D eigenvalue weighted by molar-refractivity contribution is 9.10. The van der Waals surface area contributed by atoms with E-state index in [1.807, 2.05) is 0 Å². The topological polar surface area (TPSA) is 48.1 Å². The second-order valence-corrected chi connectivity index (χ2v) is 2.70. The maximum absolute atomic E-state index is 10.1. The number of nitrogens with zero attached hydrogens (tertiary/aromatic N) is 2. The number of hydrogen-bond acceptors (Lipinski definition) is 2. The summed E-state index contributed by atoms with van der Waals surface area (Å²) in [5.74, 6) is 0. The number of hydrogen-bond donors (Lipinski definition) is 0. The molecule has 0 bridgehead atoms. The normalized spacial score (nSPS) is 9.80. The second kappa shape index (κ2) is 2.42. The van der Waals surface area contributed by atoms with Gasteiger partial charge in [-0.3, -0.25) is 10.1 Å². The van der Waals surface area contributed by atoms with E-state index < -0.39 is 4.92 Å². The largest absolute Gasteiger partial charge is 0.339 e. The number of aromatic nitrogens is 1. The van der Waals surface area contributed by atoms with Crippen LogP contribution in [0.2, 0.25) is 0 Å². The Kier molecular flexibility index (Phi) is 1.76. The SMILES string of the molecule is Cn1cc([N+](=O)[O-])cc1Br. The van der Waals surface area contributed by atoms with Gasteiger partial charge in [-0.1, -0.05) is 0 Å². The van der Waals surface area contributed by atoms with E-state index in [1.54, 1.807) is 11.6 Å². The van der Waals surface area contributed by atoms with Crippen molar-refractivity contribution in [2.75, 3.05) is 0 Å². The molecular weight excluding hydrogens is 200 g/mol. The third-order valence-electron chi connectivity index (χ3n) is 1.14. The molecule has 0 atom stereocenters. The van der Waals surface area contributed by atoms with Crippen LogP contribution in [0.4, 0.5) is 5.69 Å². The Labute approximate surface area is 65.7 Å². The van der Waals surface area contributed by atoms with E-state index in [9.17, 15) is 10.1 Å². The van der Waals surface area contributed by atoms with Crippen LogP contribution in [0.15, 0.2) is 16.9 Å². The predicted molar refractivity (Wildman–Crippen MR) is 39.8 cm³/mol. The number of rotatable bonds is 1. The second-order valence-electron chi connectivity index (χ2n) is 1.89. The van der Waals surface area contributed by atoms with Crippen molar-refractivity contribution in [3.05, 3.63) is 27.0 Å². The van der Waals surface area contributed by atoms with Crippen molar-refractivity contribution in [1.82, 2.24) is 4.57 Å². The van der Waals surface area contributed by atoms with Crippen LogP contribution in [0.3, 0.4) is 0 Å². The molecule has 0 aliphatic carbocycles. The monoisotopic (exact) mass is 204 g/mol. The molecule has 4 nitrogen and oxygen atoms in total. The molecule has 1 aromatic rings. The van der Waals surface area contributed by atoms with E-state index in [0.717, 1.165) is 0 Å². The molecule has 0 spiro atoms. The van der Waals surface area contributed by atoms with Crippen molar-refractivity contribution in [2.24, 2.45) is 7.05 Å². The fourth-order valence-corrected chi connectivity index (χ4v) is 0.958. The minimum Gasteiger partial charge on any atom is -0.339 e. The van der Waals surface area contributed by atoms with Gasteiger partial charge in [0.25, 0.3) is 5.69 Å². The molecule has 0 radical (unpaired) electrons. The predicted octanol–water partition coefficient (Wildman–Crippen LogP) is 1.70. The van der Waals surface area contributed by atoms with Gasteiger partial charge in [0.1, 0.15) is 0 Å². The molecule has 0 aromatic carbocycles. The Balaban J connectivity index is 3.10. The zero-order valence-electron chi connectivity index (χ0n) is 5.24. The molecule has 1 aromatic heterocycles. The Morgan fingerprint density at radius 3 is 2.60 bits per heavy atom. The maximum Gasteiger partial charge on any atom is 0.288 e. The van der Waals surface area contributed by atoms with E-state index in [0.29, 0.717) is 4.60 Å². The van der Waals surface area contributed by atoms with Gasteiger partial charge in [-0.15, -0.1) is 0 Å². The summed E-state index contributed by atoms with van der Waals surface area (Å²) >= 11 is 3.14. The lowest BCUT2D eigenvalue weighted by molar-refractivity contribution is -0.384. The average Bonchev–Trinajstić information content (AvgIpc) is 2.13. The van der Waals surface area contributed by atoms with Crippen molar-refractivity contribution in [3.63, 3.8) is 0 Å². The highest BCUT2D eigenvalue weighted by Gasteiger charge is 2.08. The van der Waals surface area contributed by atoms with Crippen LogP contribution in [0.25, 0.3) is 0 Å². The summed E-state index contributed by atoms with van der Waals surface area (Å²) in [5, 5.41) is 10.1. The van der Waals surface area contributed by atoms with Crippen molar-refractivity contribution in [1.29, 1.82) is 0 Å². The third-order valence-corrected chi connectivity index (χ3v) is 1.93. The third kappa shape index (κ3) is 1.18. The fourth-order valence-electron chi connectivity index (χ4n) is 0.621. The summed E-state index contributed by atoms with van der Waals surface area (Å²) in [5.41, 5.74) is 0.106. The molecule has 5 heteroatoms. The van der Waals surface area contributed by atoms with Crippen LogP contribution in [-0.4, -0.2) is 9.49 Å². The van der Waals surface area contributed by atoms with Gasteiger partial charge in [0.2, 0.25) is 0 Å². The molecule has 0 saturated carbocycles. The molecule has 0 unspecified atom stereocenters. The number of halogens is 1. The zero-order valence-corrected chi connectivity index (χ0v) is 6.83. The minimum absolute atomic E-state index is 0.106. The van der Waals surface area contributed by atoms with Gasteiger partial charge in [-0.25, -0.2) is 0 Å². The first-order valence-electron chi connectivity index (χ1n) is 2.57. The molecule has 10 heavy (non-hydrogen) atoms. The van der Waals surface area contributed by atoms with Gasteiger partial charge in [-0.05, 0) is 15.9 Å². The van der Waals surface area contributed by atoms with Crippen LogP contribution >= 0.6 is 15.9 Å². The van der Waals surface area contributed by atoms with Gasteiger partial charge in [0, 0.05) is 13.1 Å². The van der Waals surface area contributed by atoms with E-state index in [-0.39, 0.29) is 5.69 Å². The van der Waals surface area contributed by atoms with Gasteiger partial charge in [0.05, 0.1) is 15.7 Å². The Morgan fingerprint density at radius 1 is 1.80 bits per heavy atom. The first-order valence-corrected chi connectivity index (χ1v) is 3.37. The van der Waals surface area contributed by atoms with Crippen LogP contribution in [-0.2, 0) is 7.05 Å². The lowest BCUT2D eigenvalue weighted by Gasteiger charge is -1.86. The Morgan fingerprint density at radius 2 is 2.40 bits per heavy atom. The van der Waals surface area contributed by atoms with Crippen LogP contribution in [0.5, 0.6) is 0 Å². The van der Waals surface area contributed by atoms with Gasteiger partial charge >= 0.3 is 0 Å². The summed E-state index contributed by atoms with van der Waals surface area (Å²) in [7, 11) is 1.73. The van der Waals surface area contributed by atoms with Gasteiger partial charge in [0.15, 0.2) is 0 Å². The molecular formula is C5H5BrN2O2. The summed E-state index contributed by atoms with van der Waals surface area (Å²) < 4.78 is 2.34. The molecule has 0 N–H and O–H groups in total. The quantitative estimate of drug-likeness (QED) is 0.517. The smallest absolute Gasteiger partial charge is 0.288 e. The maximum atomic E-state index is 10.1. The highest BCUT2D eigenvalue weighted by Crippen LogP contribution is 2.19. The fraction of sp³-hybridized carbons (Fsp3) is 0.200. The van der Waals surface area contributed by atoms with Crippen molar-refractivity contribution >= 4 is 21.6 Å². The Bertz CT molecular complexity index is 249. The molecule has 0 saturated heterocycles. The van der Waals surface area contributed by atoms with Crippen molar-refractivity contribution < 1.29 is 4.92 Å². The van der Waals surface area contributed by atoms with Crippen LogP contribution in [0, 0.1) is 10.1 Å². The summed E-state index contributed by atoms with van der Waals surface area (Å²) in [6.45, 7) is 0. The van der Waals surface area contributed by atoms with Crippen molar-refractivity contribution in [2.45, 2.75) is 0 Å². The molecule has 0 aliphatic rings. The van der Waals surface area contributed by atoms with E-state index in [1.165, 1.54) is 12.3 Å². The Hall–Kier alpha value is -0.840. The summed E-state index contributed by atoms with van der Waals surface area (Å²) in [6.07, 6.45) is 1.45.